The van der Waals surface area contributed by atoms with Gasteiger partial charge in [0.05, 0.1) is 12.8 Å². The Morgan fingerprint density at radius 2 is 2.14 bits per heavy atom. The lowest BCUT2D eigenvalue weighted by Crippen LogP contribution is -2.15. The van der Waals surface area contributed by atoms with E-state index in [-0.39, 0.29) is 5.69 Å². The molecule has 2 heterocycles. The number of carbonyl (C=O) groups excluding carboxylic acids is 1. The van der Waals surface area contributed by atoms with Crippen LogP contribution in [0.1, 0.15) is 44.1 Å². The maximum Gasteiger partial charge on any atom is 0.360 e. The normalized spacial score (nSPS) is 10.8. The van der Waals surface area contributed by atoms with Crippen molar-refractivity contribution in [3.63, 3.8) is 0 Å². The Balaban J connectivity index is 2.42. The molecular formula is C14H21N5O2. The molecule has 1 N–H and O–H groups in total. The predicted octanol–water partition coefficient (Wildman–Crippen LogP) is 2.23. The van der Waals surface area contributed by atoms with Gasteiger partial charge in [0, 0.05) is 13.1 Å². The second-order valence-corrected chi connectivity index (χ2v) is 4.59. The molecule has 0 aliphatic rings. The lowest BCUT2D eigenvalue weighted by molar-refractivity contribution is 0.0521. The molecule has 0 aliphatic carbocycles. The lowest BCUT2D eigenvalue weighted by atomic mass is 10.3. The quantitative estimate of drug-likeness (QED) is 0.622. The number of hydrogen-bond acceptors (Lipinski definition) is 6. The van der Waals surface area contributed by atoms with Gasteiger partial charge in [0.25, 0.3) is 0 Å². The van der Waals surface area contributed by atoms with Crippen LogP contribution in [-0.2, 0) is 11.3 Å². The summed E-state index contributed by atoms with van der Waals surface area (Å²) in [6, 6.07) is 0. The van der Waals surface area contributed by atoms with Gasteiger partial charge in [-0.25, -0.2) is 19.4 Å². The molecule has 7 heteroatoms. The summed E-state index contributed by atoms with van der Waals surface area (Å²) >= 11 is 0. The second kappa shape index (κ2) is 7.01. The van der Waals surface area contributed by atoms with Gasteiger partial charge in [-0.1, -0.05) is 13.3 Å². The molecule has 0 aromatic carbocycles. The molecule has 0 fully saturated rings. The molecule has 114 valence electrons. The number of aromatic nitrogens is 4. The minimum Gasteiger partial charge on any atom is -0.461 e. The van der Waals surface area contributed by atoms with Crippen molar-refractivity contribution in [2.75, 3.05) is 18.5 Å². The van der Waals surface area contributed by atoms with Crippen molar-refractivity contribution >= 4 is 23.0 Å². The summed E-state index contributed by atoms with van der Waals surface area (Å²) < 4.78 is 6.80. The molecule has 0 spiro atoms. The molecule has 2 aromatic heterocycles. The first kappa shape index (κ1) is 15.2. The summed E-state index contributed by atoms with van der Waals surface area (Å²) in [5.41, 5.74) is 1.49. The standard InChI is InChI=1S/C14H21N5O2/c1-4-7-8-15-12-11(14(20)21-6-3)17-10-9-16-19(5-2)13(10)18-12/h9H,4-8H2,1-3H3,(H,15,18). The predicted molar refractivity (Wildman–Crippen MR) is 80.4 cm³/mol. The Morgan fingerprint density at radius 3 is 2.81 bits per heavy atom. The summed E-state index contributed by atoms with van der Waals surface area (Å²) in [6.07, 6.45) is 3.67. The van der Waals surface area contributed by atoms with E-state index in [2.05, 4.69) is 27.3 Å². The molecule has 0 unspecified atom stereocenters. The van der Waals surface area contributed by atoms with Crippen LogP contribution < -0.4 is 5.32 Å². The fraction of sp³-hybridized carbons (Fsp3) is 0.571. The Bertz CT molecular complexity index is 623. The summed E-state index contributed by atoms with van der Waals surface area (Å²) in [7, 11) is 0. The van der Waals surface area contributed by atoms with Crippen LogP contribution in [0.15, 0.2) is 6.20 Å². The van der Waals surface area contributed by atoms with Crippen molar-refractivity contribution in [1.82, 2.24) is 19.7 Å². The first-order chi connectivity index (χ1) is 10.2. The highest BCUT2D eigenvalue weighted by Crippen LogP contribution is 2.18. The highest BCUT2D eigenvalue weighted by molar-refractivity contribution is 5.94. The third-order valence-electron chi connectivity index (χ3n) is 3.06. The number of nitrogens with zero attached hydrogens (tertiary/aromatic N) is 4. The summed E-state index contributed by atoms with van der Waals surface area (Å²) in [6.45, 7) is 7.60. The van der Waals surface area contributed by atoms with Gasteiger partial charge in [-0.3, -0.25) is 0 Å². The minimum absolute atomic E-state index is 0.219. The van der Waals surface area contributed by atoms with Crippen LogP contribution in [0.4, 0.5) is 5.82 Å². The highest BCUT2D eigenvalue weighted by atomic mass is 16.5. The number of rotatable bonds is 7. The SMILES string of the molecule is CCCCNc1nc2c(cnn2CC)nc1C(=O)OCC. The monoisotopic (exact) mass is 291 g/mol. The van der Waals surface area contributed by atoms with E-state index in [1.165, 1.54) is 0 Å². The van der Waals surface area contributed by atoms with Crippen LogP contribution in [0.25, 0.3) is 11.2 Å². The van der Waals surface area contributed by atoms with E-state index in [0.29, 0.717) is 30.1 Å². The van der Waals surface area contributed by atoms with Crippen molar-refractivity contribution in [1.29, 1.82) is 0 Å². The van der Waals surface area contributed by atoms with Crippen molar-refractivity contribution in [2.24, 2.45) is 0 Å². The minimum atomic E-state index is -0.463. The molecule has 2 rings (SSSR count). The third-order valence-corrected chi connectivity index (χ3v) is 3.06. The number of carbonyl (C=O) groups is 1. The molecule has 21 heavy (non-hydrogen) atoms. The largest absolute Gasteiger partial charge is 0.461 e. The van der Waals surface area contributed by atoms with Gasteiger partial charge in [0.1, 0.15) is 5.52 Å². The maximum absolute atomic E-state index is 12.0. The first-order valence-corrected chi connectivity index (χ1v) is 7.35. The van der Waals surface area contributed by atoms with E-state index in [1.54, 1.807) is 17.8 Å². The van der Waals surface area contributed by atoms with Crippen LogP contribution in [-0.4, -0.2) is 38.9 Å². The topological polar surface area (TPSA) is 81.9 Å². The van der Waals surface area contributed by atoms with Crippen LogP contribution >= 0.6 is 0 Å². The van der Waals surface area contributed by atoms with Gasteiger partial charge in [-0.05, 0) is 20.3 Å². The van der Waals surface area contributed by atoms with E-state index in [4.69, 9.17) is 4.74 Å². The third kappa shape index (κ3) is 3.29. The number of ether oxygens (including phenoxy) is 1. The van der Waals surface area contributed by atoms with E-state index < -0.39 is 5.97 Å². The van der Waals surface area contributed by atoms with E-state index in [1.807, 2.05) is 6.92 Å². The Kier molecular flexibility index (Phi) is 5.08. The van der Waals surface area contributed by atoms with Crippen LogP contribution in [0.2, 0.25) is 0 Å². The molecular weight excluding hydrogens is 270 g/mol. The van der Waals surface area contributed by atoms with Crippen molar-refractivity contribution in [3.8, 4) is 0 Å². The molecule has 0 atom stereocenters. The van der Waals surface area contributed by atoms with E-state index in [9.17, 15) is 4.79 Å². The van der Waals surface area contributed by atoms with Crippen LogP contribution in [0, 0.1) is 0 Å². The molecule has 0 bridgehead atoms. The zero-order valence-electron chi connectivity index (χ0n) is 12.7. The van der Waals surface area contributed by atoms with Gasteiger partial charge < -0.3 is 10.1 Å². The molecule has 0 saturated carbocycles. The number of hydrogen-bond donors (Lipinski definition) is 1. The van der Waals surface area contributed by atoms with Gasteiger partial charge in [-0.15, -0.1) is 0 Å². The van der Waals surface area contributed by atoms with Crippen molar-refractivity contribution in [3.05, 3.63) is 11.9 Å². The van der Waals surface area contributed by atoms with Crippen LogP contribution in [0.3, 0.4) is 0 Å². The lowest BCUT2D eigenvalue weighted by Gasteiger charge is -2.10. The number of unbranched alkanes of at least 4 members (excludes halogenated alkanes) is 1. The van der Waals surface area contributed by atoms with Crippen molar-refractivity contribution in [2.45, 2.75) is 40.2 Å². The Hall–Kier alpha value is -2.18. The Morgan fingerprint density at radius 1 is 1.33 bits per heavy atom. The van der Waals surface area contributed by atoms with E-state index >= 15 is 0 Å². The van der Waals surface area contributed by atoms with Gasteiger partial charge in [0.2, 0.25) is 0 Å². The zero-order valence-corrected chi connectivity index (χ0v) is 12.7. The smallest absolute Gasteiger partial charge is 0.360 e. The summed E-state index contributed by atoms with van der Waals surface area (Å²) in [4.78, 5) is 20.9. The number of anilines is 1. The Labute approximate surface area is 123 Å². The maximum atomic E-state index is 12.0. The average molecular weight is 291 g/mol. The second-order valence-electron chi connectivity index (χ2n) is 4.59. The molecule has 7 nitrogen and oxygen atoms in total. The van der Waals surface area contributed by atoms with E-state index in [0.717, 1.165) is 19.4 Å². The molecule has 0 aliphatic heterocycles. The van der Waals surface area contributed by atoms with Gasteiger partial charge in [-0.2, -0.15) is 5.10 Å². The molecule has 0 saturated heterocycles. The first-order valence-electron chi connectivity index (χ1n) is 7.35. The summed E-state index contributed by atoms with van der Waals surface area (Å²) in [5, 5.41) is 7.38. The van der Waals surface area contributed by atoms with Gasteiger partial charge in [0.15, 0.2) is 17.2 Å². The zero-order chi connectivity index (χ0) is 15.2. The number of nitrogens with one attached hydrogen (secondary N) is 1. The molecule has 0 radical (unpaired) electrons. The number of fused-ring (bicyclic) bond motifs is 1. The van der Waals surface area contributed by atoms with Crippen LogP contribution in [0.5, 0.6) is 0 Å². The summed E-state index contributed by atoms with van der Waals surface area (Å²) in [5.74, 6) is -0.000234. The van der Waals surface area contributed by atoms with Gasteiger partial charge >= 0.3 is 5.97 Å². The van der Waals surface area contributed by atoms with Crippen molar-refractivity contribution < 1.29 is 9.53 Å². The fourth-order valence-corrected chi connectivity index (χ4v) is 1.98. The number of esters is 1. The average Bonchev–Trinajstić information content (AvgIpc) is 2.89. The highest BCUT2D eigenvalue weighted by Gasteiger charge is 2.19. The molecule has 0 amide bonds. The number of aryl methyl sites for hydroxylation is 1. The molecule has 2 aromatic rings. The fourth-order valence-electron chi connectivity index (χ4n) is 1.98.